The highest BCUT2D eigenvalue weighted by Crippen LogP contribution is 2.47. The molecule has 5 atom stereocenters. The molecule has 6 nitrogen and oxygen atoms in total. The van der Waals surface area contributed by atoms with Crippen LogP contribution in [-0.2, 0) is 4.79 Å². The Balaban J connectivity index is 1.43. The highest BCUT2D eigenvalue weighted by Gasteiger charge is 2.55. The highest BCUT2D eigenvalue weighted by molar-refractivity contribution is 5.83. The predicted octanol–water partition coefficient (Wildman–Crippen LogP) is 1.67. The van der Waals surface area contributed by atoms with Gasteiger partial charge < -0.3 is 10.0 Å². The Morgan fingerprint density at radius 2 is 1.96 bits per heavy atom. The van der Waals surface area contributed by atoms with Crippen molar-refractivity contribution < 1.29 is 9.90 Å². The summed E-state index contributed by atoms with van der Waals surface area (Å²) in [5.74, 6) is 1.96. The molecule has 1 amide bonds. The summed E-state index contributed by atoms with van der Waals surface area (Å²) < 4.78 is 0. The van der Waals surface area contributed by atoms with Crippen molar-refractivity contribution in [2.45, 2.75) is 63.2 Å². The lowest BCUT2D eigenvalue weighted by Crippen LogP contribution is -2.62. The molecule has 5 heterocycles. The Hall–Kier alpha value is -1.63. The third-order valence-corrected chi connectivity index (χ3v) is 7.61. The Morgan fingerprint density at radius 1 is 1.18 bits per heavy atom. The molecule has 28 heavy (non-hydrogen) atoms. The second kappa shape index (κ2) is 7.01. The third-order valence-electron chi connectivity index (χ3n) is 7.61. The van der Waals surface area contributed by atoms with Gasteiger partial charge in [-0.3, -0.25) is 15.1 Å². The average molecular weight is 385 g/mol. The molecule has 5 aliphatic heterocycles. The molecule has 2 bridgehead atoms. The van der Waals surface area contributed by atoms with Crippen LogP contribution in [0.1, 0.15) is 44.6 Å². The van der Waals surface area contributed by atoms with Gasteiger partial charge in [0.25, 0.3) is 0 Å². The van der Waals surface area contributed by atoms with Gasteiger partial charge >= 0.3 is 0 Å². The van der Waals surface area contributed by atoms with Crippen LogP contribution >= 0.6 is 0 Å². The summed E-state index contributed by atoms with van der Waals surface area (Å²) in [6.07, 6.45) is 3.25. The van der Waals surface area contributed by atoms with Crippen molar-refractivity contribution in [3.8, 4) is 5.75 Å². The quantitative estimate of drug-likeness (QED) is 0.740. The van der Waals surface area contributed by atoms with Gasteiger partial charge in [0.05, 0.1) is 6.04 Å². The number of fused-ring (bicyclic) bond motifs is 2. The summed E-state index contributed by atoms with van der Waals surface area (Å²) in [7, 11) is 0. The first-order chi connectivity index (χ1) is 13.5. The maximum absolute atomic E-state index is 13.5. The van der Waals surface area contributed by atoms with Gasteiger partial charge in [-0.05, 0) is 61.9 Å². The van der Waals surface area contributed by atoms with Crippen molar-refractivity contribution in [3.05, 3.63) is 29.8 Å². The molecule has 3 N–H and O–H groups in total. The number of benzene rings is 1. The molecule has 0 aromatic heterocycles. The number of amides is 1. The van der Waals surface area contributed by atoms with Gasteiger partial charge in [-0.25, -0.2) is 5.43 Å². The lowest BCUT2D eigenvalue weighted by Gasteiger charge is -2.51. The average Bonchev–Trinajstić information content (AvgIpc) is 3.35. The molecule has 1 aromatic carbocycles. The topological polar surface area (TPSA) is 67.8 Å². The molecule has 6 rings (SSSR count). The summed E-state index contributed by atoms with van der Waals surface area (Å²) in [5, 5.41) is 10.0. The first kappa shape index (κ1) is 18.4. The van der Waals surface area contributed by atoms with E-state index in [1.165, 1.54) is 12.8 Å². The number of carbonyl (C=O) groups is 1. The molecule has 1 aromatic rings. The van der Waals surface area contributed by atoms with Gasteiger partial charge in [-0.15, -0.1) is 0 Å². The molecule has 5 fully saturated rings. The molecular weight excluding hydrogens is 352 g/mol. The van der Waals surface area contributed by atoms with Gasteiger partial charge in [-0.1, -0.05) is 26.0 Å². The van der Waals surface area contributed by atoms with Crippen LogP contribution in [0.2, 0.25) is 0 Å². The minimum atomic E-state index is -0.133. The van der Waals surface area contributed by atoms with Crippen LogP contribution in [0.25, 0.3) is 0 Å². The van der Waals surface area contributed by atoms with E-state index < -0.39 is 0 Å². The molecule has 6 heteroatoms. The molecule has 0 saturated carbocycles. The molecule has 0 aliphatic carbocycles. The lowest BCUT2D eigenvalue weighted by atomic mass is 9.75. The number of likely N-dealkylation sites (tertiary alicyclic amines) is 1. The molecular formula is C22H32N4O2. The van der Waals surface area contributed by atoms with E-state index in [0.29, 0.717) is 35.7 Å². The van der Waals surface area contributed by atoms with Crippen molar-refractivity contribution >= 4 is 5.91 Å². The normalized spacial score (nSPS) is 39.5. The second-order valence-corrected chi connectivity index (χ2v) is 9.47. The van der Waals surface area contributed by atoms with Crippen LogP contribution in [0.15, 0.2) is 24.3 Å². The standard InChI is InChI=1S/C22H32N4O2/c1-13(2)18-11-19(24-23-18)22(28)26-12-17(15-4-3-5-16(27)10-15)21-20(26)14-6-8-25(21)9-7-14/h3-5,10,13-14,17-21,23-24,27H,6-9,11-12H2,1-2H3/t17-,18?,19?,20+,21+/m1/s1. The van der Waals surface area contributed by atoms with E-state index in [9.17, 15) is 9.90 Å². The lowest BCUT2D eigenvalue weighted by molar-refractivity contribution is -0.138. The predicted molar refractivity (Wildman–Crippen MR) is 108 cm³/mol. The number of hydrogen-bond acceptors (Lipinski definition) is 5. The number of phenolic OH excluding ortho intramolecular Hbond substituents is 1. The van der Waals surface area contributed by atoms with Crippen molar-refractivity contribution in [2.75, 3.05) is 19.6 Å². The number of piperidine rings is 3. The summed E-state index contributed by atoms with van der Waals surface area (Å²) >= 11 is 0. The van der Waals surface area contributed by atoms with Crippen molar-refractivity contribution in [1.29, 1.82) is 0 Å². The molecule has 0 radical (unpaired) electrons. The maximum Gasteiger partial charge on any atom is 0.241 e. The first-order valence-electron chi connectivity index (χ1n) is 10.9. The molecule has 2 unspecified atom stereocenters. The SMILES string of the molecule is CC(C)C1CC(C(=O)N2C[C@H](c3cccc(O)c3)[C@H]3[C@@H]2C2CCN3CC2)NN1. The Labute approximate surface area is 167 Å². The van der Waals surface area contributed by atoms with Crippen molar-refractivity contribution in [1.82, 2.24) is 20.7 Å². The largest absolute Gasteiger partial charge is 0.508 e. The van der Waals surface area contributed by atoms with Gasteiger partial charge in [0.2, 0.25) is 5.91 Å². The summed E-state index contributed by atoms with van der Waals surface area (Å²) in [4.78, 5) is 18.3. The monoisotopic (exact) mass is 384 g/mol. The summed E-state index contributed by atoms with van der Waals surface area (Å²) in [6, 6.07) is 8.57. The minimum absolute atomic E-state index is 0.133. The molecule has 5 aliphatic rings. The fourth-order valence-electron chi connectivity index (χ4n) is 6.10. The zero-order valence-electron chi connectivity index (χ0n) is 16.8. The van der Waals surface area contributed by atoms with Crippen LogP contribution in [0.4, 0.5) is 0 Å². The number of carbonyl (C=O) groups excluding carboxylic acids is 1. The van der Waals surface area contributed by atoms with E-state index in [4.69, 9.17) is 0 Å². The fourth-order valence-corrected chi connectivity index (χ4v) is 6.10. The van der Waals surface area contributed by atoms with Gasteiger partial charge in [-0.2, -0.15) is 0 Å². The van der Waals surface area contributed by atoms with E-state index in [1.807, 2.05) is 12.1 Å². The molecule has 5 saturated heterocycles. The Bertz CT molecular complexity index is 746. The summed E-state index contributed by atoms with van der Waals surface area (Å²) in [5.41, 5.74) is 7.76. The highest BCUT2D eigenvalue weighted by atomic mass is 16.3. The third kappa shape index (κ3) is 2.93. The van der Waals surface area contributed by atoms with Crippen LogP contribution in [-0.4, -0.2) is 64.6 Å². The zero-order chi connectivity index (χ0) is 19.4. The van der Waals surface area contributed by atoms with Crippen LogP contribution in [0, 0.1) is 11.8 Å². The van der Waals surface area contributed by atoms with Crippen LogP contribution in [0.3, 0.4) is 0 Å². The Kier molecular flexibility index (Phi) is 4.61. The van der Waals surface area contributed by atoms with Gasteiger partial charge in [0, 0.05) is 24.5 Å². The minimum Gasteiger partial charge on any atom is -0.508 e. The number of hydrazine groups is 1. The number of nitrogens with zero attached hydrogens (tertiary/aromatic N) is 2. The second-order valence-electron chi connectivity index (χ2n) is 9.47. The summed E-state index contributed by atoms with van der Waals surface area (Å²) in [6.45, 7) is 7.44. The fraction of sp³-hybridized carbons (Fsp3) is 0.682. The maximum atomic E-state index is 13.5. The number of phenols is 1. The van der Waals surface area contributed by atoms with Gasteiger partial charge in [0.15, 0.2) is 0 Å². The number of nitrogens with one attached hydrogen (secondary N) is 2. The number of aromatic hydroxyl groups is 1. The van der Waals surface area contributed by atoms with Gasteiger partial charge in [0.1, 0.15) is 11.8 Å². The van der Waals surface area contributed by atoms with E-state index in [2.05, 4.69) is 40.6 Å². The number of hydrogen-bond donors (Lipinski definition) is 3. The van der Waals surface area contributed by atoms with Crippen molar-refractivity contribution in [3.63, 3.8) is 0 Å². The smallest absolute Gasteiger partial charge is 0.241 e. The van der Waals surface area contributed by atoms with E-state index in [1.54, 1.807) is 6.07 Å². The van der Waals surface area contributed by atoms with Crippen LogP contribution in [0.5, 0.6) is 5.75 Å². The molecule has 0 spiro atoms. The number of rotatable bonds is 3. The van der Waals surface area contributed by atoms with E-state index in [-0.39, 0.29) is 17.9 Å². The van der Waals surface area contributed by atoms with E-state index in [0.717, 1.165) is 31.6 Å². The van der Waals surface area contributed by atoms with Crippen LogP contribution < -0.4 is 10.9 Å². The van der Waals surface area contributed by atoms with Crippen molar-refractivity contribution in [2.24, 2.45) is 11.8 Å². The Morgan fingerprint density at radius 3 is 2.64 bits per heavy atom. The molecule has 152 valence electrons. The first-order valence-corrected chi connectivity index (χ1v) is 10.9. The van der Waals surface area contributed by atoms with E-state index >= 15 is 0 Å². The zero-order valence-corrected chi connectivity index (χ0v) is 16.8.